The Balaban J connectivity index is 1.83. The van der Waals surface area contributed by atoms with Crippen LogP contribution in [0.25, 0.3) is 0 Å². The number of hydrogen-bond acceptors (Lipinski definition) is 5. The van der Waals surface area contributed by atoms with Gasteiger partial charge in [0, 0.05) is 6.54 Å². The molecule has 0 atom stereocenters. The van der Waals surface area contributed by atoms with Gasteiger partial charge in [0.25, 0.3) is 5.91 Å². The van der Waals surface area contributed by atoms with Gasteiger partial charge in [-0.1, -0.05) is 35.9 Å². The summed E-state index contributed by atoms with van der Waals surface area (Å²) < 4.78 is 22.4. The molecule has 3 aromatic rings. The molecule has 0 spiro atoms. The summed E-state index contributed by atoms with van der Waals surface area (Å²) in [6, 6.07) is 18.4. The van der Waals surface area contributed by atoms with Crippen molar-refractivity contribution in [3.05, 3.63) is 82.4 Å². The molecule has 0 aromatic heterocycles. The normalized spacial score (nSPS) is 10.4. The third-order valence-electron chi connectivity index (χ3n) is 4.74. The maximum absolute atomic E-state index is 12.4. The van der Waals surface area contributed by atoms with E-state index in [1.54, 1.807) is 26.4 Å². The highest BCUT2D eigenvalue weighted by molar-refractivity contribution is 6.35. The molecule has 168 valence electrons. The van der Waals surface area contributed by atoms with E-state index >= 15 is 0 Å². The van der Waals surface area contributed by atoms with E-state index in [0.29, 0.717) is 30.2 Å². The number of rotatable bonds is 10. The van der Waals surface area contributed by atoms with Crippen molar-refractivity contribution < 1.29 is 23.7 Å². The van der Waals surface area contributed by atoms with Crippen LogP contribution < -0.4 is 24.3 Å². The molecule has 0 bridgehead atoms. The summed E-state index contributed by atoms with van der Waals surface area (Å²) in [5.74, 6) is 2.03. The van der Waals surface area contributed by atoms with E-state index in [4.69, 9.17) is 30.5 Å². The molecule has 32 heavy (non-hydrogen) atoms. The maximum atomic E-state index is 12.4. The van der Waals surface area contributed by atoms with Crippen molar-refractivity contribution in [3.63, 3.8) is 0 Å². The van der Waals surface area contributed by atoms with Crippen LogP contribution in [0.2, 0.25) is 5.02 Å². The number of benzene rings is 3. The minimum absolute atomic E-state index is 0.205. The molecule has 0 aliphatic carbocycles. The van der Waals surface area contributed by atoms with E-state index in [1.165, 1.54) is 0 Å². The highest BCUT2D eigenvalue weighted by Crippen LogP contribution is 2.39. The smallest absolute Gasteiger partial charge is 0.252 e. The van der Waals surface area contributed by atoms with Crippen LogP contribution in [0.3, 0.4) is 0 Å². The van der Waals surface area contributed by atoms with Gasteiger partial charge in [0.05, 0.1) is 24.8 Å². The second-order valence-corrected chi connectivity index (χ2v) is 7.27. The largest absolute Gasteiger partial charge is 0.497 e. The maximum Gasteiger partial charge on any atom is 0.252 e. The van der Waals surface area contributed by atoms with Crippen molar-refractivity contribution in [1.29, 1.82) is 0 Å². The number of nitrogens with one attached hydrogen (secondary N) is 1. The summed E-state index contributed by atoms with van der Waals surface area (Å²) in [5.41, 5.74) is 2.21. The van der Waals surface area contributed by atoms with Crippen molar-refractivity contribution in [2.45, 2.75) is 20.1 Å². The van der Waals surface area contributed by atoms with E-state index in [1.807, 2.05) is 55.5 Å². The summed E-state index contributed by atoms with van der Waals surface area (Å²) in [6.07, 6.45) is 0. The number of carbonyl (C=O) groups is 1. The summed E-state index contributed by atoms with van der Waals surface area (Å²) >= 11 is 6.58. The van der Waals surface area contributed by atoms with Crippen molar-refractivity contribution >= 4 is 17.5 Å². The standard InChI is InChI=1S/C25H26ClNO5/c1-4-27-25(28)21-13-14-22(31-15-17-5-9-19(29-2)10-6-17)24(23(21)26)32-16-18-7-11-20(30-3)12-8-18/h5-14H,4,15-16H2,1-3H3,(H,27,28). The zero-order valence-electron chi connectivity index (χ0n) is 18.3. The predicted octanol–water partition coefficient (Wildman–Crippen LogP) is 5.26. The Morgan fingerprint density at radius 2 is 1.34 bits per heavy atom. The fraction of sp³-hybridized carbons (Fsp3) is 0.240. The Morgan fingerprint density at radius 1 is 0.812 bits per heavy atom. The number of hydrogen-bond donors (Lipinski definition) is 1. The van der Waals surface area contributed by atoms with Crippen LogP contribution in [0.4, 0.5) is 0 Å². The van der Waals surface area contributed by atoms with Gasteiger partial charge in [-0.25, -0.2) is 0 Å². The summed E-state index contributed by atoms with van der Waals surface area (Å²) in [7, 11) is 3.24. The third-order valence-corrected chi connectivity index (χ3v) is 5.11. The van der Waals surface area contributed by atoms with Crippen molar-refractivity contribution in [1.82, 2.24) is 5.32 Å². The van der Waals surface area contributed by atoms with Gasteiger partial charge in [0.1, 0.15) is 24.7 Å². The van der Waals surface area contributed by atoms with Gasteiger partial charge in [-0.05, 0) is 54.4 Å². The first-order chi connectivity index (χ1) is 15.5. The molecule has 6 nitrogen and oxygen atoms in total. The quantitative estimate of drug-likeness (QED) is 0.451. The lowest BCUT2D eigenvalue weighted by molar-refractivity contribution is 0.0955. The van der Waals surface area contributed by atoms with Gasteiger partial charge in [-0.2, -0.15) is 0 Å². The average Bonchev–Trinajstić information content (AvgIpc) is 2.83. The Kier molecular flexibility index (Phi) is 8.22. The lowest BCUT2D eigenvalue weighted by Gasteiger charge is -2.17. The van der Waals surface area contributed by atoms with Gasteiger partial charge < -0.3 is 24.3 Å². The molecule has 0 radical (unpaired) electrons. The number of amides is 1. The summed E-state index contributed by atoms with van der Waals surface area (Å²) in [4.78, 5) is 12.4. The van der Waals surface area contributed by atoms with E-state index in [2.05, 4.69) is 5.32 Å². The van der Waals surface area contributed by atoms with Crippen molar-refractivity contribution in [2.24, 2.45) is 0 Å². The monoisotopic (exact) mass is 455 g/mol. The van der Waals surface area contributed by atoms with E-state index in [-0.39, 0.29) is 17.5 Å². The highest BCUT2D eigenvalue weighted by Gasteiger charge is 2.19. The zero-order chi connectivity index (χ0) is 22.9. The lowest BCUT2D eigenvalue weighted by Crippen LogP contribution is -2.23. The van der Waals surface area contributed by atoms with E-state index in [9.17, 15) is 4.79 Å². The van der Waals surface area contributed by atoms with Crippen LogP contribution in [0.15, 0.2) is 60.7 Å². The Bertz CT molecular complexity index is 1040. The van der Waals surface area contributed by atoms with Gasteiger partial charge in [-0.15, -0.1) is 0 Å². The molecule has 0 unspecified atom stereocenters. The molecular formula is C25H26ClNO5. The number of halogens is 1. The van der Waals surface area contributed by atoms with Crippen LogP contribution >= 0.6 is 11.6 Å². The van der Waals surface area contributed by atoms with Gasteiger partial charge in [0.15, 0.2) is 11.5 Å². The average molecular weight is 456 g/mol. The molecule has 3 rings (SSSR count). The fourth-order valence-corrected chi connectivity index (χ4v) is 3.27. The molecule has 0 saturated carbocycles. The van der Waals surface area contributed by atoms with Crippen LogP contribution in [-0.2, 0) is 13.2 Å². The Morgan fingerprint density at radius 3 is 1.84 bits per heavy atom. The van der Waals surface area contributed by atoms with Crippen molar-refractivity contribution in [2.75, 3.05) is 20.8 Å². The molecule has 1 N–H and O–H groups in total. The SMILES string of the molecule is CCNC(=O)c1ccc(OCc2ccc(OC)cc2)c(OCc2ccc(OC)cc2)c1Cl. The van der Waals surface area contributed by atoms with Crippen LogP contribution in [0.1, 0.15) is 28.4 Å². The molecule has 0 fully saturated rings. The molecular weight excluding hydrogens is 430 g/mol. The minimum atomic E-state index is -0.270. The fourth-order valence-electron chi connectivity index (χ4n) is 2.98. The molecule has 3 aromatic carbocycles. The summed E-state index contributed by atoms with van der Waals surface area (Å²) in [5, 5.41) is 2.96. The Hall–Kier alpha value is -3.38. The van der Waals surface area contributed by atoms with E-state index < -0.39 is 0 Å². The number of carbonyl (C=O) groups excluding carboxylic acids is 1. The first-order valence-corrected chi connectivity index (χ1v) is 10.6. The lowest BCUT2D eigenvalue weighted by atomic mass is 10.1. The predicted molar refractivity (Wildman–Crippen MR) is 124 cm³/mol. The second-order valence-electron chi connectivity index (χ2n) is 6.89. The Labute approximate surface area is 193 Å². The number of ether oxygens (including phenoxy) is 4. The second kappa shape index (κ2) is 11.3. The molecule has 0 heterocycles. The molecule has 1 amide bonds. The van der Waals surface area contributed by atoms with Gasteiger partial charge in [0.2, 0.25) is 0 Å². The van der Waals surface area contributed by atoms with Crippen LogP contribution in [0.5, 0.6) is 23.0 Å². The molecule has 0 aliphatic rings. The topological polar surface area (TPSA) is 66.0 Å². The zero-order valence-corrected chi connectivity index (χ0v) is 19.1. The summed E-state index contributed by atoms with van der Waals surface area (Å²) in [6.45, 7) is 2.90. The van der Waals surface area contributed by atoms with Crippen LogP contribution in [0, 0.1) is 0 Å². The minimum Gasteiger partial charge on any atom is -0.497 e. The molecule has 0 aliphatic heterocycles. The van der Waals surface area contributed by atoms with Crippen LogP contribution in [-0.4, -0.2) is 26.7 Å². The molecule has 7 heteroatoms. The van der Waals surface area contributed by atoms with E-state index in [0.717, 1.165) is 22.6 Å². The van der Waals surface area contributed by atoms with Crippen molar-refractivity contribution in [3.8, 4) is 23.0 Å². The third kappa shape index (κ3) is 5.86. The first-order valence-electron chi connectivity index (χ1n) is 10.2. The van der Waals surface area contributed by atoms with Gasteiger partial charge in [-0.3, -0.25) is 4.79 Å². The first kappa shape index (κ1) is 23.3. The highest BCUT2D eigenvalue weighted by atomic mass is 35.5. The number of methoxy groups -OCH3 is 2. The van der Waals surface area contributed by atoms with Gasteiger partial charge >= 0.3 is 0 Å². The molecule has 0 saturated heterocycles.